The van der Waals surface area contributed by atoms with Crippen LogP contribution in [0.2, 0.25) is 0 Å². The summed E-state index contributed by atoms with van der Waals surface area (Å²) in [6.45, 7) is 6.14. The van der Waals surface area contributed by atoms with E-state index in [0.717, 1.165) is 6.42 Å². The number of epoxide rings is 1. The number of aliphatic hydroxyl groups is 1. The van der Waals surface area contributed by atoms with Crippen molar-refractivity contribution >= 4 is 51.9 Å². The molecule has 1 heterocycles. The van der Waals surface area contributed by atoms with Crippen molar-refractivity contribution in [1.82, 2.24) is 10.6 Å². The van der Waals surface area contributed by atoms with Gasteiger partial charge in [-0.25, -0.2) is 4.79 Å². The molecular formula is C21H36ClIN2O5S. The number of allylic oxidation sites excluding steroid dienone is 1. The van der Waals surface area contributed by atoms with E-state index in [9.17, 15) is 14.7 Å². The van der Waals surface area contributed by atoms with E-state index in [1.165, 1.54) is 5.57 Å². The molecule has 2 fully saturated rings. The number of amides is 3. The highest BCUT2D eigenvalue weighted by atomic mass is 127. The second-order valence-corrected chi connectivity index (χ2v) is 20.0. The summed E-state index contributed by atoms with van der Waals surface area (Å²) >= 11 is 7.93. The van der Waals surface area contributed by atoms with Gasteiger partial charge in [0, 0.05) is 18.8 Å². The molecule has 1 aliphatic heterocycles. The molecule has 10 heteroatoms. The summed E-state index contributed by atoms with van der Waals surface area (Å²) < 4.78 is 12.1. The maximum Gasteiger partial charge on any atom is 0.321 e. The van der Waals surface area contributed by atoms with Crippen molar-refractivity contribution in [2.45, 2.75) is 69.5 Å². The molecule has 2 aliphatic rings. The van der Waals surface area contributed by atoms with Crippen LogP contribution in [0.15, 0.2) is 11.6 Å². The first kappa shape index (κ1) is 27.2. The van der Waals surface area contributed by atoms with E-state index in [1.54, 1.807) is 7.11 Å². The molecule has 3 N–H and O–H groups in total. The van der Waals surface area contributed by atoms with E-state index in [0.29, 0.717) is 18.6 Å². The summed E-state index contributed by atoms with van der Waals surface area (Å²) in [6.07, 6.45) is 7.84. The van der Waals surface area contributed by atoms with E-state index in [2.05, 4.69) is 64.3 Å². The molecule has 1 saturated heterocycles. The summed E-state index contributed by atoms with van der Waals surface area (Å²) in [5.41, 5.74) is -0.320. The maximum atomic E-state index is 12.3. The van der Waals surface area contributed by atoms with Crippen molar-refractivity contribution in [3.8, 4) is 0 Å². The van der Waals surface area contributed by atoms with Crippen molar-refractivity contribution in [2.24, 2.45) is 5.92 Å². The average Bonchev–Trinajstić information content (AvgIpc) is 3.29. The smallest absolute Gasteiger partial charge is 0.321 e. The van der Waals surface area contributed by atoms with Gasteiger partial charge in [0.05, 0.1) is 23.9 Å². The van der Waals surface area contributed by atoms with Crippen molar-refractivity contribution < 1.29 is 24.2 Å². The first-order chi connectivity index (χ1) is 14.3. The van der Waals surface area contributed by atoms with Crippen LogP contribution in [0.3, 0.4) is 0 Å². The molecule has 0 aromatic rings. The molecule has 31 heavy (non-hydrogen) atoms. The van der Waals surface area contributed by atoms with Crippen molar-refractivity contribution in [2.75, 3.05) is 31.3 Å². The number of alkyl halides is 1. The summed E-state index contributed by atoms with van der Waals surface area (Å²) in [4.78, 5) is 23.8. The molecule has 0 aromatic heterocycles. The summed E-state index contributed by atoms with van der Waals surface area (Å²) in [5, 5.41) is 17.0. The van der Waals surface area contributed by atoms with Crippen molar-refractivity contribution in [1.29, 1.82) is 0 Å². The number of methoxy groups -OCH3 is 1. The summed E-state index contributed by atoms with van der Waals surface area (Å²) in [5.74, 6) is -0.528. The van der Waals surface area contributed by atoms with Crippen LogP contribution in [0.5, 0.6) is 0 Å². The highest BCUT2D eigenvalue weighted by Gasteiger charge is 2.67. The maximum absolute atomic E-state index is 12.3. The SMILES string of the molecule is COC1C(NC(=O)NC(=O)CCl)CCC(O)(CS(C)(C)I)C1C1(C)OC1CC=C(C)C. The quantitative estimate of drug-likeness (QED) is 0.174. The van der Waals surface area contributed by atoms with Crippen LogP contribution in [0.25, 0.3) is 0 Å². The number of nitrogens with one attached hydrogen (secondary N) is 2. The lowest BCUT2D eigenvalue weighted by Gasteiger charge is -2.51. The fraction of sp³-hybridized carbons (Fsp3) is 0.810. The number of carbonyl (C=O) groups is 2. The Balaban J connectivity index is 2.31. The zero-order valence-corrected chi connectivity index (χ0v) is 22.9. The van der Waals surface area contributed by atoms with Gasteiger partial charge in [-0.1, -0.05) is 11.6 Å². The molecular weight excluding hydrogens is 555 g/mol. The largest absolute Gasteiger partial charge is 0.389 e. The van der Waals surface area contributed by atoms with Crippen LogP contribution in [0, 0.1) is 5.92 Å². The van der Waals surface area contributed by atoms with Crippen LogP contribution in [-0.4, -0.2) is 77.8 Å². The predicted octanol–water partition coefficient (Wildman–Crippen LogP) is 3.50. The topological polar surface area (TPSA) is 100 Å². The molecule has 3 amide bonds. The minimum atomic E-state index is -1.04. The van der Waals surface area contributed by atoms with Gasteiger partial charge in [-0.3, -0.25) is 10.1 Å². The summed E-state index contributed by atoms with van der Waals surface area (Å²) in [6, 6.07) is -0.972. The fourth-order valence-corrected chi connectivity index (χ4v) is 8.07. The molecule has 0 bridgehead atoms. The normalized spacial score (nSPS) is 35.8. The number of halogens is 2. The Morgan fingerprint density at radius 2 is 2.03 bits per heavy atom. The Hall–Kier alpha value is -0.0700. The molecule has 6 atom stereocenters. The zero-order chi connectivity index (χ0) is 23.6. The van der Waals surface area contributed by atoms with Crippen LogP contribution in [-0.2, 0) is 14.3 Å². The van der Waals surface area contributed by atoms with Gasteiger partial charge in [0.15, 0.2) is 0 Å². The van der Waals surface area contributed by atoms with Gasteiger partial charge in [0.25, 0.3) is 0 Å². The third-order valence-corrected chi connectivity index (χ3v) is 8.45. The average molecular weight is 591 g/mol. The number of urea groups is 1. The van der Waals surface area contributed by atoms with E-state index in [4.69, 9.17) is 21.1 Å². The Labute approximate surface area is 204 Å². The highest BCUT2D eigenvalue weighted by molar-refractivity contribution is 14.2. The molecule has 0 spiro atoms. The highest BCUT2D eigenvalue weighted by Crippen LogP contribution is 2.60. The number of hydrogen-bond donors (Lipinski definition) is 3. The fourth-order valence-electron chi connectivity index (χ4n) is 4.87. The van der Waals surface area contributed by atoms with Gasteiger partial charge < -0.3 is 19.9 Å². The summed E-state index contributed by atoms with van der Waals surface area (Å²) in [7, 11) is 0.552. The predicted molar refractivity (Wildman–Crippen MR) is 135 cm³/mol. The lowest BCUT2D eigenvalue weighted by atomic mass is 9.65. The minimum absolute atomic E-state index is 0.0192. The lowest BCUT2D eigenvalue weighted by molar-refractivity contribution is -0.137. The second kappa shape index (κ2) is 10.5. The Morgan fingerprint density at radius 1 is 1.39 bits per heavy atom. The van der Waals surface area contributed by atoms with E-state index < -0.39 is 36.4 Å². The van der Waals surface area contributed by atoms with Gasteiger partial charge >= 0.3 is 6.03 Å². The number of ether oxygens (including phenoxy) is 2. The zero-order valence-electron chi connectivity index (χ0n) is 19.2. The molecule has 6 unspecified atom stereocenters. The van der Waals surface area contributed by atoms with Crippen molar-refractivity contribution in [3.05, 3.63) is 11.6 Å². The lowest BCUT2D eigenvalue weighted by Crippen LogP contribution is -2.65. The van der Waals surface area contributed by atoms with Crippen LogP contribution >= 0.6 is 40.0 Å². The van der Waals surface area contributed by atoms with Gasteiger partial charge in [-0.15, -0.1) is 11.6 Å². The van der Waals surface area contributed by atoms with Crippen LogP contribution in [0.4, 0.5) is 4.79 Å². The molecule has 0 radical (unpaired) electrons. The van der Waals surface area contributed by atoms with Gasteiger partial charge in [-0.2, -0.15) is 7.20 Å². The first-order valence-electron chi connectivity index (χ1n) is 10.4. The van der Waals surface area contributed by atoms with Crippen LogP contribution < -0.4 is 10.6 Å². The van der Waals surface area contributed by atoms with Crippen molar-refractivity contribution in [3.63, 3.8) is 0 Å². The van der Waals surface area contributed by atoms with Gasteiger partial charge in [0.1, 0.15) is 11.5 Å². The number of rotatable bonds is 8. The Bertz CT molecular complexity index is 714. The molecule has 1 aliphatic carbocycles. The Morgan fingerprint density at radius 3 is 2.55 bits per heavy atom. The molecule has 1 saturated carbocycles. The number of hydrogen-bond acceptors (Lipinski definition) is 5. The van der Waals surface area contributed by atoms with E-state index in [1.807, 2.05) is 6.92 Å². The van der Waals surface area contributed by atoms with E-state index >= 15 is 0 Å². The molecule has 0 aromatic carbocycles. The second-order valence-electron chi connectivity index (χ2n) is 9.44. The van der Waals surface area contributed by atoms with Gasteiger partial charge in [0.2, 0.25) is 5.91 Å². The number of carbonyl (C=O) groups excluding carboxylic acids is 2. The third kappa shape index (κ3) is 6.96. The minimum Gasteiger partial charge on any atom is -0.389 e. The molecule has 7 nitrogen and oxygen atoms in total. The monoisotopic (exact) mass is 590 g/mol. The first-order valence-corrected chi connectivity index (χ1v) is 16.1. The van der Waals surface area contributed by atoms with E-state index in [-0.39, 0.29) is 23.9 Å². The van der Waals surface area contributed by atoms with Crippen LogP contribution in [0.1, 0.15) is 40.0 Å². The number of imide groups is 1. The third-order valence-electron chi connectivity index (χ3n) is 6.08. The molecule has 2 rings (SSSR count). The Kier molecular flexibility index (Phi) is 9.17. The van der Waals surface area contributed by atoms with Gasteiger partial charge in [-0.05, 0) is 73.8 Å². The molecule has 180 valence electrons. The standard InChI is InChI=1S/C21H36ClIN2O5S/c1-13(2)7-8-15-20(3,30-15)18-17(29-4)14(24-19(27)25-16(26)11-22)9-10-21(18,28)12-31(5,6)23/h7,14-15,17-18,28H,8-12H2,1-6H3,(H2,24,25,26,27).